The fraction of sp³-hybridized carbons (Fsp3) is 0.600. The van der Waals surface area contributed by atoms with Gasteiger partial charge in [0.1, 0.15) is 11.6 Å². The molecule has 1 aromatic rings. The Morgan fingerprint density at radius 1 is 1.37 bits per heavy atom. The van der Waals surface area contributed by atoms with Crippen LogP contribution in [0.25, 0.3) is 0 Å². The highest BCUT2D eigenvalue weighted by atomic mass is 19.1. The monoisotopic (exact) mass is 269 g/mol. The lowest BCUT2D eigenvalue weighted by atomic mass is 9.76. The third-order valence-corrected chi connectivity index (χ3v) is 4.15. The Morgan fingerprint density at radius 2 is 2.05 bits per heavy atom. The average molecular weight is 269 g/mol. The third-order valence-electron chi connectivity index (χ3n) is 4.15. The lowest BCUT2D eigenvalue weighted by molar-refractivity contribution is 0.0624. The van der Waals surface area contributed by atoms with Crippen molar-refractivity contribution in [3.63, 3.8) is 0 Å². The largest absolute Gasteiger partial charge is 0.378 e. The van der Waals surface area contributed by atoms with Crippen LogP contribution in [0.4, 0.5) is 8.78 Å². The fourth-order valence-corrected chi connectivity index (χ4v) is 2.77. The molecule has 0 radical (unpaired) electrons. The van der Waals surface area contributed by atoms with Gasteiger partial charge in [0.15, 0.2) is 0 Å². The molecule has 0 saturated carbocycles. The highest BCUT2D eigenvalue weighted by Gasteiger charge is 2.42. The molecule has 106 valence electrons. The maximum absolute atomic E-state index is 13.8. The summed E-state index contributed by atoms with van der Waals surface area (Å²) >= 11 is 0. The van der Waals surface area contributed by atoms with Crippen molar-refractivity contribution >= 4 is 0 Å². The van der Waals surface area contributed by atoms with Crippen LogP contribution >= 0.6 is 0 Å². The summed E-state index contributed by atoms with van der Waals surface area (Å²) in [6, 6.07) is 4.04. The van der Waals surface area contributed by atoms with Gasteiger partial charge in [0, 0.05) is 24.1 Å². The van der Waals surface area contributed by atoms with Crippen LogP contribution in [0.2, 0.25) is 0 Å². The van der Waals surface area contributed by atoms with E-state index in [1.807, 2.05) is 13.8 Å². The van der Waals surface area contributed by atoms with Crippen molar-refractivity contribution in [1.82, 2.24) is 5.32 Å². The Bertz CT molecular complexity index is 418. The normalized spacial score (nSPS) is 26.8. The lowest BCUT2D eigenvalue weighted by Gasteiger charge is -2.33. The minimum absolute atomic E-state index is 0.00514. The standard InChI is InChI=1S/C15H21F2NO/c1-3-18-10-15(7-8-19-11(15)2)9-12-13(16)5-4-6-14(12)17/h4-6,11,18H,3,7-10H2,1-2H3. The van der Waals surface area contributed by atoms with E-state index in [1.165, 1.54) is 18.2 Å². The molecule has 0 spiro atoms. The molecule has 2 unspecified atom stereocenters. The van der Waals surface area contributed by atoms with Gasteiger partial charge in [0.25, 0.3) is 0 Å². The van der Waals surface area contributed by atoms with Crippen LogP contribution in [0.5, 0.6) is 0 Å². The molecule has 0 aromatic heterocycles. The van der Waals surface area contributed by atoms with Crippen LogP contribution in [0.3, 0.4) is 0 Å². The number of benzene rings is 1. The number of hydrogen-bond donors (Lipinski definition) is 1. The van der Waals surface area contributed by atoms with Crippen LogP contribution in [0, 0.1) is 17.0 Å². The summed E-state index contributed by atoms with van der Waals surface area (Å²) in [5.41, 5.74) is -0.0447. The molecule has 1 aliphatic heterocycles. The summed E-state index contributed by atoms with van der Waals surface area (Å²) < 4.78 is 33.3. The second-order valence-corrected chi connectivity index (χ2v) is 5.28. The van der Waals surface area contributed by atoms with Crippen molar-refractivity contribution in [3.05, 3.63) is 35.4 Å². The summed E-state index contributed by atoms with van der Waals surface area (Å²) in [6.07, 6.45) is 1.21. The Morgan fingerprint density at radius 3 is 2.58 bits per heavy atom. The van der Waals surface area contributed by atoms with E-state index in [-0.39, 0.29) is 17.1 Å². The van der Waals surface area contributed by atoms with E-state index >= 15 is 0 Å². The Hall–Kier alpha value is -1.00. The second-order valence-electron chi connectivity index (χ2n) is 5.28. The van der Waals surface area contributed by atoms with Crippen LogP contribution in [-0.2, 0) is 11.2 Å². The minimum Gasteiger partial charge on any atom is -0.378 e. The molecule has 1 fully saturated rings. The van der Waals surface area contributed by atoms with E-state index < -0.39 is 11.6 Å². The molecule has 1 heterocycles. The molecule has 2 atom stereocenters. The van der Waals surface area contributed by atoms with Crippen LogP contribution in [0.15, 0.2) is 18.2 Å². The van der Waals surface area contributed by atoms with E-state index in [0.29, 0.717) is 13.0 Å². The topological polar surface area (TPSA) is 21.3 Å². The highest BCUT2D eigenvalue weighted by molar-refractivity contribution is 5.22. The van der Waals surface area contributed by atoms with Gasteiger partial charge in [-0.2, -0.15) is 0 Å². The third kappa shape index (κ3) is 2.95. The van der Waals surface area contributed by atoms with Crippen molar-refractivity contribution in [2.75, 3.05) is 19.7 Å². The van der Waals surface area contributed by atoms with Gasteiger partial charge in [0.05, 0.1) is 6.10 Å². The van der Waals surface area contributed by atoms with Crippen LogP contribution in [-0.4, -0.2) is 25.8 Å². The van der Waals surface area contributed by atoms with E-state index in [4.69, 9.17) is 4.74 Å². The first-order valence-corrected chi connectivity index (χ1v) is 6.84. The molecule has 4 heteroatoms. The van der Waals surface area contributed by atoms with Crippen molar-refractivity contribution in [3.8, 4) is 0 Å². The van der Waals surface area contributed by atoms with Crippen molar-refractivity contribution in [2.24, 2.45) is 5.41 Å². The van der Waals surface area contributed by atoms with E-state index in [1.54, 1.807) is 0 Å². The van der Waals surface area contributed by atoms with Gasteiger partial charge in [-0.1, -0.05) is 13.0 Å². The SMILES string of the molecule is CCNCC1(Cc2c(F)cccc2F)CCOC1C. The zero-order valence-electron chi connectivity index (χ0n) is 11.5. The van der Waals surface area contributed by atoms with Gasteiger partial charge in [-0.25, -0.2) is 8.78 Å². The van der Waals surface area contributed by atoms with E-state index in [0.717, 1.165) is 19.5 Å². The highest BCUT2D eigenvalue weighted by Crippen LogP contribution is 2.38. The molecule has 0 amide bonds. The molecule has 1 saturated heterocycles. The summed E-state index contributed by atoms with van der Waals surface area (Å²) in [6.45, 7) is 6.23. The second kappa shape index (κ2) is 5.97. The Labute approximate surface area is 113 Å². The zero-order chi connectivity index (χ0) is 13.9. The van der Waals surface area contributed by atoms with Gasteiger partial charge < -0.3 is 10.1 Å². The molecular weight excluding hydrogens is 248 g/mol. The first-order valence-electron chi connectivity index (χ1n) is 6.84. The average Bonchev–Trinajstić information content (AvgIpc) is 2.74. The quantitative estimate of drug-likeness (QED) is 0.887. The maximum atomic E-state index is 13.8. The molecule has 0 aliphatic carbocycles. The molecule has 2 rings (SSSR count). The first kappa shape index (κ1) is 14.4. The smallest absolute Gasteiger partial charge is 0.129 e. The molecule has 1 aliphatic rings. The van der Waals surface area contributed by atoms with E-state index in [2.05, 4.69) is 5.32 Å². The molecular formula is C15H21F2NO. The van der Waals surface area contributed by atoms with Crippen LogP contribution in [0.1, 0.15) is 25.8 Å². The first-order chi connectivity index (χ1) is 9.09. The summed E-state index contributed by atoms with van der Waals surface area (Å²) in [7, 11) is 0. The Kier molecular flexibility index (Phi) is 4.53. The van der Waals surface area contributed by atoms with Gasteiger partial charge in [-0.3, -0.25) is 0 Å². The number of nitrogens with one attached hydrogen (secondary N) is 1. The van der Waals surface area contributed by atoms with Crippen LogP contribution < -0.4 is 5.32 Å². The van der Waals surface area contributed by atoms with Crippen molar-refractivity contribution in [1.29, 1.82) is 0 Å². The molecule has 2 nitrogen and oxygen atoms in total. The summed E-state index contributed by atoms with van der Waals surface area (Å²) in [5.74, 6) is -0.926. The van der Waals surface area contributed by atoms with Gasteiger partial charge in [-0.05, 0) is 38.4 Å². The number of rotatable bonds is 5. The van der Waals surface area contributed by atoms with Crippen molar-refractivity contribution in [2.45, 2.75) is 32.8 Å². The minimum atomic E-state index is -0.463. The predicted molar refractivity (Wildman–Crippen MR) is 71.1 cm³/mol. The Balaban J connectivity index is 2.25. The summed E-state index contributed by atoms with van der Waals surface area (Å²) in [5, 5.41) is 3.30. The predicted octanol–water partition coefficient (Wildman–Crippen LogP) is 2.91. The molecule has 1 aromatic carbocycles. The van der Waals surface area contributed by atoms with E-state index in [9.17, 15) is 8.78 Å². The molecule has 1 N–H and O–H groups in total. The number of hydrogen-bond acceptors (Lipinski definition) is 2. The number of halogens is 2. The lowest BCUT2D eigenvalue weighted by Crippen LogP contribution is -2.41. The van der Waals surface area contributed by atoms with Gasteiger partial charge in [-0.15, -0.1) is 0 Å². The fourth-order valence-electron chi connectivity index (χ4n) is 2.77. The maximum Gasteiger partial charge on any atom is 0.129 e. The van der Waals surface area contributed by atoms with Gasteiger partial charge >= 0.3 is 0 Å². The molecule has 0 bridgehead atoms. The summed E-state index contributed by atoms with van der Waals surface area (Å²) in [4.78, 5) is 0. The number of ether oxygens (including phenoxy) is 1. The molecule has 19 heavy (non-hydrogen) atoms. The van der Waals surface area contributed by atoms with Gasteiger partial charge in [0.2, 0.25) is 0 Å². The van der Waals surface area contributed by atoms with Crippen molar-refractivity contribution < 1.29 is 13.5 Å². The zero-order valence-corrected chi connectivity index (χ0v) is 11.5.